The van der Waals surface area contributed by atoms with Gasteiger partial charge in [0.25, 0.3) is 0 Å². The zero-order valence-electron chi connectivity index (χ0n) is 9.57. The monoisotopic (exact) mass is 248 g/mol. The number of aromatic nitrogens is 2. The Kier molecular flexibility index (Phi) is 2.62. The van der Waals surface area contributed by atoms with Crippen LogP contribution in [0, 0.1) is 5.92 Å². The molecule has 2 unspecified atom stereocenters. The van der Waals surface area contributed by atoms with Crippen molar-refractivity contribution >= 4 is 5.97 Å². The first-order valence-electron chi connectivity index (χ1n) is 5.86. The molecule has 0 bridgehead atoms. The van der Waals surface area contributed by atoms with E-state index in [-0.39, 0.29) is 5.92 Å². The third-order valence-electron chi connectivity index (χ3n) is 3.33. The van der Waals surface area contributed by atoms with E-state index < -0.39 is 11.9 Å². The SMILES string of the molecule is O=C(O)C1CCCC1c1nc(-c2ccco2)no1. The van der Waals surface area contributed by atoms with Gasteiger partial charge in [0, 0.05) is 0 Å². The van der Waals surface area contributed by atoms with Crippen LogP contribution in [0.3, 0.4) is 0 Å². The fourth-order valence-corrected chi connectivity index (χ4v) is 2.44. The molecule has 6 heteroatoms. The molecule has 3 rings (SSSR count). The summed E-state index contributed by atoms with van der Waals surface area (Å²) in [5.74, 6) is -0.115. The van der Waals surface area contributed by atoms with Gasteiger partial charge in [-0.2, -0.15) is 4.98 Å². The Morgan fingerprint density at radius 2 is 2.33 bits per heavy atom. The van der Waals surface area contributed by atoms with Crippen LogP contribution >= 0.6 is 0 Å². The zero-order chi connectivity index (χ0) is 12.5. The van der Waals surface area contributed by atoms with Crippen molar-refractivity contribution in [3.8, 4) is 11.6 Å². The van der Waals surface area contributed by atoms with Crippen molar-refractivity contribution in [2.45, 2.75) is 25.2 Å². The summed E-state index contributed by atoms with van der Waals surface area (Å²) in [6.07, 6.45) is 3.84. The molecule has 0 radical (unpaired) electrons. The zero-order valence-corrected chi connectivity index (χ0v) is 9.57. The van der Waals surface area contributed by atoms with E-state index >= 15 is 0 Å². The van der Waals surface area contributed by atoms with Gasteiger partial charge in [0.1, 0.15) is 0 Å². The second kappa shape index (κ2) is 4.29. The molecule has 0 amide bonds. The minimum absolute atomic E-state index is 0.182. The summed E-state index contributed by atoms with van der Waals surface area (Å²) in [6.45, 7) is 0. The number of carbonyl (C=O) groups is 1. The van der Waals surface area contributed by atoms with Gasteiger partial charge in [0.15, 0.2) is 5.76 Å². The Hall–Kier alpha value is -2.11. The minimum atomic E-state index is -0.796. The van der Waals surface area contributed by atoms with Crippen LogP contribution in [0.15, 0.2) is 27.3 Å². The number of rotatable bonds is 3. The van der Waals surface area contributed by atoms with Gasteiger partial charge in [-0.25, -0.2) is 0 Å². The molecule has 1 fully saturated rings. The molecule has 94 valence electrons. The van der Waals surface area contributed by atoms with Gasteiger partial charge in [-0.05, 0) is 25.0 Å². The van der Waals surface area contributed by atoms with E-state index in [1.54, 1.807) is 12.1 Å². The molecular formula is C12H12N2O4. The van der Waals surface area contributed by atoms with E-state index in [0.717, 1.165) is 12.8 Å². The highest BCUT2D eigenvalue weighted by atomic mass is 16.5. The summed E-state index contributed by atoms with van der Waals surface area (Å²) < 4.78 is 10.3. The topological polar surface area (TPSA) is 89.4 Å². The van der Waals surface area contributed by atoms with Gasteiger partial charge in [0.2, 0.25) is 11.7 Å². The summed E-state index contributed by atoms with van der Waals surface area (Å²) in [7, 11) is 0. The van der Waals surface area contributed by atoms with E-state index in [4.69, 9.17) is 14.0 Å². The smallest absolute Gasteiger partial charge is 0.307 e. The summed E-state index contributed by atoms with van der Waals surface area (Å²) in [5, 5.41) is 13.0. The molecule has 0 aromatic carbocycles. The number of hydrogen-bond acceptors (Lipinski definition) is 5. The number of nitrogens with zero attached hydrogens (tertiary/aromatic N) is 2. The fraction of sp³-hybridized carbons (Fsp3) is 0.417. The lowest BCUT2D eigenvalue weighted by atomic mass is 9.96. The Morgan fingerprint density at radius 3 is 3.06 bits per heavy atom. The van der Waals surface area contributed by atoms with E-state index in [1.165, 1.54) is 6.26 Å². The van der Waals surface area contributed by atoms with Gasteiger partial charge in [-0.3, -0.25) is 4.79 Å². The molecule has 18 heavy (non-hydrogen) atoms. The first-order valence-corrected chi connectivity index (χ1v) is 5.86. The first-order chi connectivity index (χ1) is 8.75. The van der Waals surface area contributed by atoms with Crippen molar-refractivity contribution < 1.29 is 18.8 Å². The molecule has 2 atom stereocenters. The molecule has 2 aromatic heterocycles. The molecule has 6 nitrogen and oxygen atoms in total. The number of carboxylic acids is 1. The van der Waals surface area contributed by atoms with Gasteiger partial charge in [-0.15, -0.1) is 0 Å². The van der Waals surface area contributed by atoms with Crippen LogP contribution in [0.25, 0.3) is 11.6 Å². The van der Waals surface area contributed by atoms with Gasteiger partial charge in [-0.1, -0.05) is 11.6 Å². The summed E-state index contributed by atoms with van der Waals surface area (Å²) in [4.78, 5) is 15.3. The summed E-state index contributed by atoms with van der Waals surface area (Å²) >= 11 is 0. The molecule has 1 saturated carbocycles. The van der Waals surface area contributed by atoms with Crippen LogP contribution < -0.4 is 0 Å². The molecule has 0 aliphatic heterocycles. The number of hydrogen-bond donors (Lipinski definition) is 1. The second-order valence-corrected chi connectivity index (χ2v) is 4.42. The van der Waals surface area contributed by atoms with Crippen molar-refractivity contribution in [1.82, 2.24) is 10.1 Å². The summed E-state index contributed by atoms with van der Waals surface area (Å²) in [5.41, 5.74) is 0. The van der Waals surface area contributed by atoms with Crippen LogP contribution in [0.2, 0.25) is 0 Å². The van der Waals surface area contributed by atoms with Gasteiger partial charge in [0.05, 0.1) is 18.1 Å². The molecule has 0 spiro atoms. The third kappa shape index (κ3) is 1.79. The van der Waals surface area contributed by atoms with Gasteiger partial charge >= 0.3 is 5.97 Å². The number of carboxylic acid groups (broad SMARTS) is 1. The van der Waals surface area contributed by atoms with Crippen molar-refractivity contribution in [2.24, 2.45) is 5.92 Å². The molecule has 1 N–H and O–H groups in total. The largest absolute Gasteiger partial charge is 0.481 e. The summed E-state index contributed by atoms with van der Waals surface area (Å²) in [6, 6.07) is 3.47. The molecule has 2 aromatic rings. The van der Waals surface area contributed by atoms with Crippen molar-refractivity contribution in [3.05, 3.63) is 24.3 Å². The molecule has 0 saturated heterocycles. The highest BCUT2D eigenvalue weighted by molar-refractivity contribution is 5.71. The van der Waals surface area contributed by atoms with E-state index in [2.05, 4.69) is 10.1 Å². The van der Waals surface area contributed by atoms with Crippen LogP contribution in [-0.2, 0) is 4.79 Å². The predicted molar refractivity (Wildman–Crippen MR) is 59.7 cm³/mol. The maximum Gasteiger partial charge on any atom is 0.307 e. The standard InChI is InChI=1S/C12H12N2O4/c15-12(16)8-4-1-3-7(8)11-13-10(14-18-11)9-5-2-6-17-9/h2,5-8H,1,3-4H2,(H,15,16). The maximum atomic E-state index is 11.1. The minimum Gasteiger partial charge on any atom is -0.481 e. The highest BCUT2D eigenvalue weighted by Crippen LogP contribution is 2.39. The number of aliphatic carboxylic acids is 1. The van der Waals surface area contributed by atoms with E-state index in [9.17, 15) is 4.79 Å². The average molecular weight is 248 g/mol. The van der Waals surface area contributed by atoms with Crippen molar-refractivity contribution in [1.29, 1.82) is 0 Å². The van der Waals surface area contributed by atoms with Crippen LogP contribution in [0.4, 0.5) is 0 Å². The number of furan rings is 1. The Bertz CT molecular complexity index is 546. The lowest BCUT2D eigenvalue weighted by Crippen LogP contribution is -2.17. The quantitative estimate of drug-likeness (QED) is 0.896. The first kappa shape index (κ1) is 11.0. The molecule has 1 aliphatic rings. The highest BCUT2D eigenvalue weighted by Gasteiger charge is 2.37. The lowest BCUT2D eigenvalue weighted by molar-refractivity contribution is -0.142. The molecular weight excluding hydrogens is 236 g/mol. The van der Waals surface area contributed by atoms with E-state index in [1.807, 2.05) is 0 Å². The normalized spacial score (nSPS) is 23.3. The predicted octanol–water partition coefficient (Wildman–Crippen LogP) is 2.30. The second-order valence-electron chi connectivity index (χ2n) is 4.42. The average Bonchev–Trinajstić information content (AvgIpc) is 3.10. The van der Waals surface area contributed by atoms with Crippen LogP contribution in [-0.4, -0.2) is 21.2 Å². The molecule has 1 aliphatic carbocycles. The lowest BCUT2D eigenvalue weighted by Gasteiger charge is -2.09. The van der Waals surface area contributed by atoms with Crippen LogP contribution in [0.5, 0.6) is 0 Å². The Balaban J connectivity index is 1.87. The van der Waals surface area contributed by atoms with Crippen molar-refractivity contribution in [2.75, 3.05) is 0 Å². The Morgan fingerprint density at radius 1 is 1.44 bits per heavy atom. The van der Waals surface area contributed by atoms with Crippen molar-refractivity contribution in [3.63, 3.8) is 0 Å². The maximum absolute atomic E-state index is 11.1. The van der Waals surface area contributed by atoms with Gasteiger partial charge < -0.3 is 14.0 Å². The molecule has 2 heterocycles. The Labute approximate surface area is 103 Å². The van der Waals surface area contributed by atoms with Crippen LogP contribution in [0.1, 0.15) is 31.1 Å². The fourth-order valence-electron chi connectivity index (χ4n) is 2.44. The van der Waals surface area contributed by atoms with E-state index in [0.29, 0.717) is 23.9 Å². The third-order valence-corrected chi connectivity index (χ3v) is 3.33.